The number of carbonyl (C=O) groups excluding carboxylic acids is 2. The Morgan fingerprint density at radius 1 is 1.07 bits per heavy atom. The van der Waals surface area contributed by atoms with E-state index < -0.39 is 16.1 Å². The molecule has 1 aromatic rings. The summed E-state index contributed by atoms with van der Waals surface area (Å²) in [4.78, 5) is 23.9. The van der Waals surface area contributed by atoms with Crippen LogP contribution >= 0.6 is 0 Å². The number of hydrogen-bond donors (Lipinski definition) is 2. The third-order valence-electron chi connectivity index (χ3n) is 5.02. The number of ketones is 1. The Kier molecular flexibility index (Phi) is 7.83. The van der Waals surface area contributed by atoms with Gasteiger partial charge in [-0.2, -0.15) is 0 Å². The molecule has 6 nitrogen and oxygen atoms in total. The van der Waals surface area contributed by atoms with Crippen LogP contribution in [0.15, 0.2) is 29.2 Å². The molecular formula is C20H30N2O4S. The van der Waals surface area contributed by atoms with Gasteiger partial charge >= 0.3 is 6.03 Å². The quantitative estimate of drug-likeness (QED) is 0.705. The van der Waals surface area contributed by atoms with E-state index >= 15 is 0 Å². The highest BCUT2D eigenvalue weighted by molar-refractivity contribution is 7.90. The predicted molar refractivity (Wildman–Crippen MR) is 105 cm³/mol. The van der Waals surface area contributed by atoms with Crippen LogP contribution in [0.2, 0.25) is 0 Å². The summed E-state index contributed by atoms with van der Waals surface area (Å²) < 4.78 is 26.8. The van der Waals surface area contributed by atoms with Crippen LogP contribution in [0, 0.1) is 5.92 Å². The third kappa shape index (κ3) is 6.97. The van der Waals surface area contributed by atoms with Crippen LogP contribution in [0.5, 0.6) is 0 Å². The van der Waals surface area contributed by atoms with Gasteiger partial charge in [-0.1, -0.05) is 32.4 Å². The summed E-state index contributed by atoms with van der Waals surface area (Å²) in [6.45, 7) is 4.21. The topological polar surface area (TPSA) is 92.3 Å². The predicted octanol–water partition coefficient (Wildman–Crippen LogP) is 3.56. The molecule has 27 heavy (non-hydrogen) atoms. The largest absolute Gasteiger partial charge is 0.335 e. The first-order valence-electron chi connectivity index (χ1n) is 9.74. The first kappa shape index (κ1) is 21.4. The highest BCUT2D eigenvalue weighted by Gasteiger charge is 2.23. The lowest BCUT2D eigenvalue weighted by atomic mass is 9.87. The summed E-state index contributed by atoms with van der Waals surface area (Å²) >= 11 is 0. The van der Waals surface area contributed by atoms with Crippen molar-refractivity contribution >= 4 is 21.8 Å². The zero-order valence-corrected chi connectivity index (χ0v) is 17.0. The van der Waals surface area contributed by atoms with E-state index in [1.54, 1.807) is 12.1 Å². The van der Waals surface area contributed by atoms with Crippen molar-refractivity contribution in [1.82, 2.24) is 10.0 Å². The molecule has 0 radical (unpaired) electrons. The van der Waals surface area contributed by atoms with Gasteiger partial charge in [0.05, 0.1) is 4.90 Å². The molecule has 1 aliphatic carbocycles. The van der Waals surface area contributed by atoms with Crippen LogP contribution in [0.25, 0.3) is 0 Å². The Balaban J connectivity index is 1.89. The van der Waals surface area contributed by atoms with E-state index in [0.29, 0.717) is 18.8 Å². The molecule has 1 fully saturated rings. The average Bonchev–Trinajstić information content (AvgIpc) is 2.62. The molecule has 1 aliphatic rings. The Bertz CT molecular complexity index is 736. The first-order chi connectivity index (χ1) is 12.8. The number of rotatable bonds is 8. The zero-order chi connectivity index (χ0) is 19.9. The van der Waals surface area contributed by atoms with Crippen LogP contribution in [0.1, 0.15) is 64.4 Å². The average molecular weight is 395 g/mol. The molecule has 0 saturated heterocycles. The monoisotopic (exact) mass is 394 g/mol. The second-order valence-electron chi connectivity index (χ2n) is 7.50. The minimum atomic E-state index is -3.93. The van der Waals surface area contributed by atoms with Gasteiger partial charge in [0, 0.05) is 18.9 Å². The first-order valence-corrected chi connectivity index (χ1v) is 11.2. The number of carbonyl (C=O) groups is 2. The molecule has 0 bridgehead atoms. The maximum atomic E-state index is 12.4. The molecule has 1 saturated carbocycles. The van der Waals surface area contributed by atoms with Crippen molar-refractivity contribution in [3.8, 4) is 0 Å². The standard InChI is InChI=1S/C20H30N2O4S/c1-3-4-5-18(23)14-16-8-12-19(13-9-16)27(25,26)22-20(24)21-17-10-6-15(2)7-11-17/h8-9,12-13,15,17H,3-7,10-11,14H2,1-2H3,(H2,21,22,24). The Morgan fingerprint density at radius 2 is 1.70 bits per heavy atom. The number of nitrogens with one attached hydrogen (secondary N) is 2. The second-order valence-corrected chi connectivity index (χ2v) is 9.18. The van der Waals surface area contributed by atoms with E-state index in [0.717, 1.165) is 44.1 Å². The molecular weight excluding hydrogens is 364 g/mol. The van der Waals surface area contributed by atoms with Crippen molar-refractivity contribution in [3.63, 3.8) is 0 Å². The van der Waals surface area contributed by atoms with Gasteiger partial charge in [-0.05, 0) is 55.7 Å². The fourth-order valence-electron chi connectivity index (χ4n) is 3.28. The zero-order valence-electron chi connectivity index (χ0n) is 16.2. The normalized spacial score (nSPS) is 20.1. The van der Waals surface area contributed by atoms with Crippen molar-refractivity contribution in [1.29, 1.82) is 0 Å². The number of Topliss-reactive ketones (excluding diaryl/α,β-unsaturated/α-hetero) is 1. The Morgan fingerprint density at radius 3 is 2.30 bits per heavy atom. The van der Waals surface area contributed by atoms with E-state index in [-0.39, 0.29) is 16.7 Å². The molecule has 2 rings (SSSR count). The second kappa shape index (κ2) is 9.88. The molecule has 7 heteroatoms. The van der Waals surface area contributed by atoms with E-state index in [2.05, 4.69) is 17.0 Å². The van der Waals surface area contributed by atoms with Gasteiger partial charge in [0.25, 0.3) is 10.0 Å². The van der Waals surface area contributed by atoms with Gasteiger partial charge in [-0.3, -0.25) is 4.79 Å². The molecule has 0 spiro atoms. The van der Waals surface area contributed by atoms with Crippen LogP contribution < -0.4 is 10.0 Å². The molecule has 0 unspecified atom stereocenters. The van der Waals surface area contributed by atoms with Crippen molar-refractivity contribution in [2.75, 3.05) is 0 Å². The van der Waals surface area contributed by atoms with Gasteiger partial charge < -0.3 is 5.32 Å². The molecule has 1 aromatic carbocycles. The number of unbranched alkanes of at least 4 members (excludes halogenated alkanes) is 1. The number of sulfonamides is 1. The van der Waals surface area contributed by atoms with E-state index in [1.165, 1.54) is 12.1 Å². The lowest BCUT2D eigenvalue weighted by Gasteiger charge is -2.26. The fraction of sp³-hybridized carbons (Fsp3) is 0.600. The summed E-state index contributed by atoms with van der Waals surface area (Å²) in [5.41, 5.74) is 0.774. The van der Waals surface area contributed by atoms with Crippen LogP contribution in [-0.2, 0) is 21.2 Å². The summed E-state index contributed by atoms with van der Waals surface area (Å²) in [5, 5.41) is 2.75. The SMILES string of the molecule is CCCCC(=O)Cc1ccc(S(=O)(=O)NC(=O)NC2CCC(C)CC2)cc1. The Labute approximate surface area is 162 Å². The smallest absolute Gasteiger partial charge is 0.328 e. The minimum Gasteiger partial charge on any atom is -0.335 e. The van der Waals surface area contributed by atoms with Crippen molar-refractivity contribution in [2.24, 2.45) is 5.92 Å². The number of urea groups is 1. The van der Waals surface area contributed by atoms with Gasteiger partial charge in [0.15, 0.2) is 0 Å². The van der Waals surface area contributed by atoms with Crippen molar-refractivity contribution < 1.29 is 18.0 Å². The van der Waals surface area contributed by atoms with Crippen LogP contribution in [0.3, 0.4) is 0 Å². The molecule has 150 valence electrons. The van der Waals surface area contributed by atoms with Crippen LogP contribution in [-0.4, -0.2) is 26.3 Å². The molecule has 2 N–H and O–H groups in total. The van der Waals surface area contributed by atoms with E-state index in [1.807, 2.05) is 6.92 Å². The van der Waals surface area contributed by atoms with Gasteiger partial charge in [0.1, 0.15) is 5.78 Å². The summed E-state index contributed by atoms with van der Waals surface area (Å²) in [6.07, 6.45) is 6.49. The van der Waals surface area contributed by atoms with Crippen molar-refractivity contribution in [3.05, 3.63) is 29.8 Å². The summed E-state index contributed by atoms with van der Waals surface area (Å²) in [6, 6.07) is 5.44. The molecule has 0 atom stereocenters. The third-order valence-corrected chi connectivity index (χ3v) is 6.37. The van der Waals surface area contributed by atoms with E-state index in [9.17, 15) is 18.0 Å². The summed E-state index contributed by atoms with van der Waals surface area (Å²) in [5.74, 6) is 0.800. The lowest BCUT2D eigenvalue weighted by molar-refractivity contribution is -0.118. The number of hydrogen-bond acceptors (Lipinski definition) is 4. The highest BCUT2D eigenvalue weighted by atomic mass is 32.2. The van der Waals surface area contributed by atoms with Crippen molar-refractivity contribution in [2.45, 2.75) is 76.2 Å². The fourth-order valence-corrected chi connectivity index (χ4v) is 4.19. The minimum absolute atomic E-state index is 0.0136. The molecule has 0 aromatic heterocycles. The molecule has 0 aliphatic heterocycles. The van der Waals surface area contributed by atoms with Gasteiger partial charge in [-0.15, -0.1) is 0 Å². The van der Waals surface area contributed by atoms with Gasteiger partial charge in [-0.25, -0.2) is 17.9 Å². The molecule has 2 amide bonds. The van der Waals surface area contributed by atoms with Gasteiger partial charge in [0.2, 0.25) is 0 Å². The van der Waals surface area contributed by atoms with E-state index in [4.69, 9.17) is 0 Å². The lowest BCUT2D eigenvalue weighted by Crippen LogP contribution is -2.45. The summed E-state index contributed by atoms with van der Waals surface area (Å²) in [7, 11) is -3.93. The maximum Gasteiger partial charge on any atom is 0.328 e. The molecule has 0 heterocycles. The Hall–Kier alpha value is -1.89. The number of amides is 2. The highest BCUT2D eigenvalue weighted by Crippen LogP contribution is 2.23. The van der Waals surface area contributed by atoms with Crippen LogP contribution in [0.4, 0.5) is 4.79 Å². The maximum absolute atomic E-state index is 12.4. The number of benzene rings is 1.